The van der Waals surface area contributed by atoms with Crippen LogP contribution in [0.25, 0.3) is 0 Å². The highest BCUT2D eigenvalue weighted by Gasteiger charge is 2.44. The van der Waals surface area contributed by atoms with Gasteiger partial charge in [-0.05, 0) is 44.2 Å². The van der Waals surface area contributed by atoms with E-state index in [1.54, 1.807) is 0 Å². The minimum atomic E-state index is -0.0405. The monoisotopic (exact) mass is 315 g/mol. The maximum atomic E-state index is 12.3. The van der Waals surface area contributed by atoms with E-state index in [1.807, 2.05) is 18.3 Å². The first-order valence-electron chi connectivity index (χ1n) is 8.84. The second kappa shape index (κ2) is 6.11. The molecule has 3 aliphatic rings. The fourth-order valence-electron chi connectivity index (χ4n) is 4.23. The summed E-state index contributed by atoms with van der Waals surface area (Å²) in [6.07, 6.45) is 8.89. The topological polar surface area (TPSA) is 63.2 Å². The number of aromatic nitrogens is 1. The molecule has 5 heteroatoms. The molecule has 3 fully saturated rings. The summed E-state index contributed by atoms with van der Waals surface area (Å²) >= 11 is 0. The average molecular weight is 315 g/mol. The number of urea groups is 1. The van der Waals surface area contributed by atoms with Crippen molar-refractivity contribution in [2.75, 3.05) is 13.2 Å². The molecule has 2 amide bonds. The Morgan fingerprint density at radius 1 is 1.35 bits per heavy atom. The molecule has 2 aliphatic carbocycles. The Balaban J connectivity index is 1.29. The van der Waals surface area contributed by atoms with E-state index in [0.29, 0.717) is 18.6 Å². The molecule has 23 heavy (non-hydrogen) atoms. The van der Waals surface area contributed by atoms with Gasteiger partial charge in [-0.15, -0.1) is 0 Å². The normalized spacial score (nSPS) is 31.2. The van der Waals surface area contributed by atoms with Crippen molar-refractivity contribution in [3.05, 3.63) is 30.1 Å². The highest BCUT2D eigenvalue weighted by molar-refractivity contribution is 5.74. The van der Waals surface area contributed by atoms with Gasteiger partial charge in [0.2, 0.25) is 0 Å². The third-order valence-electron chi connectivity index (χ3n) is 5.92. The molecule has 2 saturated carbocycles. The SMILES string of the molecule is O=C(NCC1(c2ccccn2)CCC1)N[C@@H]1C[C@H]2OCCC[C@H]12. The predicted octanol–water partition coefficient (Wildman–Crippen LogP) is 2.37. The van der Waals surface area contributed by atoms with Gasteiger partial charge in [-0.25, -0.2) is 4.79 Å². The van der Waals surface area contributed by atoms with Gasteiger partial charge in [0.25, 0.3) is 0 Å². The van der Waals surface area contributed by atoms with Crippen LogP contribution < -0.4 is 10.6 Å². The lowest BCUT2D eigenvalue weighted by atomic mass is 9.66. The van der Waals surface area contributed by atoms with Gasteiger partial charge in [0.15, 0.2) is 0 Å². The summed E-state index contributed by atoms with van der Waals surface area (Å²) in [4.78, 5) is 16.8. The number of fused-ring (bicyclic) bond motifs is 1. The summed E-state index contributed by atoms with van der Waals surface area (Å²) in [5, 5.41) is 6.23. The van der Waals surface area contributed by atoms with Gasteiger partial charge in [-0.2, -0.15) is 0 Å². The quantitative estimate of drug-likeness (QED) is 0.896. The first-order valence-corrected chi connectivity index (χ1v) is 8.84. The summed E-state index contributed by atoms with van der Waals surface area (Å²) in [5.74, 6) is 0.517. The number of rotatable bonds is 4. The van der Waals surface area contributed by atoms with Gasteiger partial charge in [-0.1, -0.05) is 12.5 Å². The van der Waals surface area contributed by atoms with Crippen LogP contribution in [0, 0.1) is 5.92 Å². The van der Waals surface area contributed by atoms with E-state index in [2.05, 4.69) is 21.7 Å². The number of nitrogens with zero attached hydrogens (tertiary/aromatic N) is 1. The van der Waals surface area contributed by atoms with Crippen molar-refractivity contribution in [1.29, 1.82) is 0 Å². The van der Waals surface area contributed by atoms with Gasteiger partial charge < -0.3 is 15.4 Å². The fourth-order valence-corrected chi connectivity index (χ4v) is 4.23. The lowest BCUT2D eigenvalue weighted by molar-refractivity contribution is -0.0999. The number of carbonyl (C=O) groups excluding carboxylic acids is 1. The molecule has 1 aromatic rings. The summed E-state index contributed by atoms with van der Waals surface area (Å²) in [6, 6.07) is 6.29. The van der Waals surface area contributed by atoms with E-state index in [1.165, 1.54) is 12.8 Å². The lowest BCUT2D eigenvalue weighted by Crippen LogP contribution is -2.60. The van der Waals surface area contributed by atoms with Gasteiger partial charge >= 0.3 is 6.03 Å². The molecule has 1 saturated heterocycles. The molecular formula is C18H25N3O2. The van der Waals surface area contributed by atoms with Crippen LogP contribution in [0.1, 0.15) is 44.2 Å². The van der Waals surface area contributed by atoms with Crippen LogP contribution in [0.4, 0.5) is 4.79 Å². The van der Waals surface area contributed by atoms with Crippen molar-refractivity contribution in [3.8, 4) is 0 Å². The van der Waals surface area contributed by atoms with E-state index < -0.39 is 0 Å². The van der Waals surface area contributed by atoms with E-state index in [-0.39, 0.29) is 17.5 Å². The molecule has 5 nitrogen and oxygen atoms in total. The predicted molar refractivity (Wildman–Crippen MR) is 87.2 cm³/mol. The molecule has 0 aromatic carbocycles. The summed E-state index contributed by atoms with van der Waals surface area (Å²) in [5.41, 5.74) is 1.14. The first-order chi connectivity index (χ1) is 11.3. The standard InChI is InChI=1S/C18H25N3O2/c22-17(21-14-11-15-13(14)5-3-10-23-15)20-12-18(7-4-8-18)16-6-1-2-9-19-16/h1-2,6,9,13-15H,3-5,7-8,10-12H2,(H2,20,21,22)/t13-,14-,15-/m1/s1. The van der Waals surface area contributed by atoms with Crippen molar-refractivity contribution < 1.29 is 9.53 Å². The zero-order valence-corrected chi connectivity index (χ0v) is 13.5. The summed E-state index contributed by atoms with van der Waals surface area (Å²) in [7, 11) is 0. The highest BCUT2D eigenvalue weighted by Crippen LogP contribution is 2.42. The molecule has 124 valence electrons. The Hall–Kier alpha value is -1.62. The molecule has 2 N–H and O–H groups in total. The zero-order chi connectivity index (χ0) is 15.7. The smallest absolute Gasteiger partial charge is 0.315 e. The third-order valence-corrected chi connectivity index (χ3v) is 5.92. The molecular weight excluding hydrogens is 290 g/mol. The molecule has 0 bridgehead atoms. The number of pyridine rings is 1. The first kappa shape index (κ1) is 14.9. The molecule has 1 aromatic heterocycles. The van der Waals surface area contributed by atoms with Crippen LogP contribution in [-0.2, 0) is 10.2 Å². The molecule has 4 rings (SSSR count). The van der Waals surface area contributed by atoms with E-state index in [0.717, 1.165) is 38.0 Å². The zero-order valence-electron chi connectivity index (χ0n) is 13.5. The molecule has 3 atom stereocenters. The van der Waals surface area contributed by atoms with E-state index in [9.17, 15) is 4.79 Å². The number of hydrogen-bond acceptors (Lipinski definition) is 3. The molecule has 1 aliphatic heterocycles. The van der Waals surface area contributed by atoms with Crippen LogP contribution in [0.15, 0.2) is 24.4 Å². The minimum absolute atomic E-state index is 0.0364. The highest BCUT2D eigenvalue weighted by atomic mass is 16.5. The molecule has 2 heterocycles. The van der Waals surface area contributed by atoms with Crippen molar-refractivity contribution in [1.82, 2.24) is 15.6 Å². The van der Waals surface area contributed by atoms with Crippen molar-refractivity contribution in [2.45, 2.75) is 56.1 Å². The van der Waals surface area contributed by atoms with Crippen molar-refractivity contribution in [3.63, 3.8) is 0 Å². The second-order valence-corrected chi connectivity index (χ2v) is 7.23. The number of ether oxygens (including phenoxy) is 1. The number of carbonyl (C=O) groups is 1. The molecule has 0 radical (unpaired) electrons. The van der Waals surface area contributed by atoms with Crippen LogP contribution in [0.5, 0.6) is 0 Å². The average Bonchev–Trinajstić information content (AvgIpc) is 2.53. The van der Waals surface area contributed by atoms with Crippen LogP contribution >= 0.6 is 0 Å². The van der Waals surface area contributed by atoms with Crippen LogP contribution in [0.3, 0.4) is 0 Å². The van der Waals surface area contributed by atoms with Crippen molar-refractivity contribution in [2.24, 2.45) is 5.92 Å². The van der Waals surface area contributed by atoms with Crippen LogP contribution in [0.2, 0.25) is 0 Å². The van der Waals surface area contributed by atoms with Crippen molar-refractivity contribution >= 4 is 6.03 Å². The maximum absolute atomic E-state index is 12.3. The Labute approximate surface area is 137 Å². The van der Waals surface area contributed by atoms with E-state index >= 15 is 0 Å². The minimum Gasteiger partial charge on any atom is -0.378 e. The largest absolute Gasteiger partial charge is 0.378 e. The van der Waals surface area contributed by atoms with Gasteiger partial charge in [0.05, 0.1) is 6.10 Å². The number of hydrogen-bond donors (Lipinski definition) is 2. The van der Waals surface area contributed by atoms with Gasteiger partial charge in [0.1, 0.15) is 0 Å². The number of nitrogens with one attached hydrogen (secondary N) is 2. The molecule has 0 unspecified atom stereocenters. The Kier molecular flexibility index (Phi) is 3.97. The Morgan fingerprint density at radius 3 is 2.96 bits per heavy atom. The van der Waals surface area contributed by atoms with Crippen LogP contribution in [-0.4, -0.2) is 36.3 Å². The fraction of sp³-hybridized carbons (Fsp3) is 0.667. The van der Waals surface area contributed by atoms with Gasteiger partial charge in [0, 0.05) is 42.4 Å². The lowest BCUT2D eigenvalue weighted by Gasteiger charge is -2.47. The maximum Gasteiger partial charge on any atom is 0.315 e. The summed E-state index contributed by atoms with van der Waals surface area (Å²) in [6.45, 7) is 1.56. The Morgan fingerprint density at radius 2 is 2.26 bits per heavy atom. The van der Waals surface area contributed by atoms with E-state index in [4.69, 9.17) is 4.74 Å². The van der Waals surface area contributed by atoms with Gasteiger partial charge in [-0.3, -0.25) is 4.98 Å². The third kappa shape index (κ3) is 2.82. The second-order valence-electron chi connectivity index (χ2n) is 7.23. The number of amides is 2. The molecule has 0 spiro atoms. The Bertz CT molecular complexity index is 559. The summed E-state index contributed by atoms with van der Waals surface area (Å²) < 4.78 is 5.71.